The van der Waals surface area contributed by atoms with Gasteiger partial charge >= 0.3 is 0 Å². The number of aliphatic imine (C=N–C) groups is 1. The van der Waals surface area contributed by atoms with E-state index < -0.39 is 0 Å². The Hall–Kier alpha value is 0.700. The monoisotopic (exact) mass is 431 g/mol. The molecule has 2 unspecified atom stereocenters. The highest BCUT2D eigenvalue weighted by atomic mass is 127. The molecule has 1 saturated carbocycles. The Labute approximate surface area is 150 Å². The largest absolute Gasteiger partial charge is 0.355 e. The predicted molar refractivity (Wildman–Crippen MR) is 107 cm³/mol. The Bertz CT molecular complexity index is 298. The third-order valence-corrected chi connectivity index (χ3v) is 6.10. The number of nitrogens with zero attached hydrogens (tertiary/aromatic N) is 1. The molecule has 0 bridgehead atoms. The topological polar surface area (TPSA) is 36.4 Å². The second kappa shape index (κ2) is 10.4. The third-order valence-electron chi connectivity index (χ3n) is 3.76. The van der Waals surface area contributed by atoms with Crippen LogP contribution in [0, 0.1) is 0 Å². The minimum atomic E-state index is 0. The molecule has 0 aromatic rings. The van der Waals surface area contributed by atoms with Crippen molar-refractivity contribution >= 4 is 53.5 Å². The molecule has 0 radical (unpaired) electrons. The number of nitrogens with one attached hydrogen (secondary N) is 2. The summed E-state index contributed by atoms with van der Waals surface area (Å²) in [7, 11) is 1.86. The van der Waals surface area contributed by atoms with E-state index in [1.807, 2.05) is 30.6 Å². The molecule has 0 saturated heterocycles. The Morgan fingerprint density at radius 1 is 1.30 bits per heavy atom. The zero-order valence-corrected chi connectivity index (χ0v) is 17.3. The number of hydrogen-bond donors (Lipinski definition) is 2. The molecule has 1 fully saturated rings. The SMILES string of the molecule is CN=C(NCC(C)(C)SC)NC1CCCC(SC)C1.I. The second-order valence-electron chi connectivity index (χ2n) is 5.76. The molecule has 3 nitrogen and oxygen atoms in total. The Morgan fingerprint density at radius 3 is 2.55 bits per heavy atom. The molecular weight excluding hydrogens is 401 g/mol. The zero-order valence-electron chi connectivity index (χ0n) is 13.4. The fraction of sp³-hybridized carbons (Fsp3) is 0.929. The summed E-state index contributed by atoms with van der Waals surface area (Å²) in [5, 5.41) is 7.85. The molecule has 120 valence electrons. The molecule has 1 aliphatic rings. The van der Waals surface area contributed by atoms with Crippen molar-refractivity contribution in [2.75, 3.05) is 26.1 Å². The third kappa shape index (κ3) is 7.64. The van der Waals surface area contributed by atoms with E-state index in [1.165, 1.54) is 25.7 Å². The lowest BCUT2D eigenvalue weighted by atomic mass is 9.95. The highest BCUT2D eigenvalue weighted by Gasteiger charge is 2.22. The summed E-state index contributed by atoms with van der Waals surface area (Å²) in [5.41, 5.74) is 0. The molecule has 0 aromatic heterocycles. The normalized spacial score (nSPS) is 23.9. The van der Waals surface area contributed by atoms with Gasteiger partial charge in [0.2, 0.25) is 0 Å². The fourth-order valence-electron chi connectivity index (χ4n) is 2.25. The van der Waals surface area contributed by atoms with Gasteiger partial charge in [0.25, 0.3) is 0 Å². The molecule has 2 N–H and O–H groups in total. The van der Waals surface area contributed by atoms with Crippen LogP contribution in [0.1, 0.15) is 39.5 Å². The maximum atomic E-state index is 4.35. The lowest BCUT2D eigenvalue weighted by Gasteiger charge is -2.31. The van der Waals surface area contributed by atoms with Crippen LogP contribution >= 0.6 is 47.5 Å². The summed E-state index contributed by atoms with van der Waals surface area (Å²) in [5.74, 6) is 0.953. The van der Waals surface area contributed by atoms with E-state index in [2.05, 4.69) is 42.0 Å². The van der Waals surface area contributed by atoms with Gasteiger partial charge in [0, 0.05) is 29.6 Å². The quantitative estimate of drug-likeness (QED) is 0.396. The minimum Gasteiger partial charge on any atom is -0.355 e. The van der Waals surface area contributed by atoms with Crippen LogP contribution in [-0.4, -0.2) is 48.1 Å². The zero-order chi connectivity index (χ0) is 14.3. The van der Waals surface area contributed by atoms with E-state index in [9.17, 15) is 0 Å². The summed E-state index contributed by atoms with van der Waals surface area (Å²) in [4.78, 5) is 4.35. The molecule has 0 amide bonds. The van der Waals surface area contributed by atoms with Gasteiger partial charge in [-0.05, 0) is 45.6 Å². The molecule has 6 heteroatoms. The van der Waals surface area contributed by atoms with Crippen LogP contribution in [0.25, 0.3) is 0 Å². The minimum absolute atomic E-state index is 0. The van der Waals surface area contributed by atoms with Crippen molar-refractivity contribution in [2.45, 2.75) is 55.6 Å². The van der Waals surface area contributed by atoms with Gasteiger partial charge in [0.1, 0.15) is 0 Å². The van der Waals surface area contributed by atoms with Crippen LogP contribution < -0.4 is 10.6 Å². The van der Waals surface area contributed by atoms with Crippen molar-refractivity contribution in [3.63, 3.8) is 0 Å². The maximum absolute atomic E-state index is 4.35. The summed E-state index contributed by atoms with van der Waals surface area (Å²) in [6, 6.07) is 0.579. The molecule has 1 aliphatic carbocycles. The number of hydrogen-bond acceptors (Lipinski definition) is 3. The average molecular weight is 431 g/mol. The molecule has 2 atom stereocenters. The highest BCUT2D eigenvalue weighted by molar-refractivity contribution is 14.0. The smallest absolute Gasteiger partial charge is 0.191 e. The molecule has 20 heavy (non-hydrogen) atoms. The first kappa shape index (κ1) is 20.7. The maximum Gasteiger partial charge on any atom is 0.191 e. The van der Waals surface area contributed by atoms with E-state index >= 15 is 0 Å². The van der Waals surface area contributed by atoms with Gasteiger partial charge in [-0.25, -0.2) is 0 Å². The van der Waals surface area contributed by atoms with Crippen LogP contribution in [0.4, 0.5) is 0 Å². The number of thioether (sulfide) groups is 2. The van der Waals surface area contributed by atoms with Crippen LogP contribution in [-0.2, 0) is 0 Å². The van der Waals surface area contributed by atoms with E-state index in [-0.39, 0.29) is 28.7 Å². The van der Waals surface area contributed by atoms with E-state index in [1.54, 1.807) is 0 Å². The van der Waals surface area contributed by atoms with Gasteiger partial charge in [-0.3, -0.25) is 4.99 Å². The molecule has 0 aromatic carbocycles. The van der Waals surface area contributed by atoms with Gasteiger partial charge in [-0.2, -0.15) is 23.5 Å². The Morgan fingerprint density at radius 2 is 2.00 bits per heavy atom. The van der Waals surface area contributed by atoms with E-state index in [0.717, 1.165) is 17.8 Å². The summed E-state index contributed by atoms with van der Waals surface area (Å²) >= 11 is 3.88. The lowest BCUT2D eigenvalue weighted by Crippen LogP contribution is -2.48. The van der Waals surface area contributed by atoms with Crippen LogP contribution in [0.5, 0.6) is 0 Å². The number of rotatable bonds is 5. The molecule has 0 heterocycles. The average Bonchev–Trinajstić information content (AvgIpc) is 2.43. The van der Waals surface area contributed by atoms with Crippen LogP contribution in [0.15, 0.2) is 4.99 Å². The lowest BCUT2D eigenvalue weighted by molar-refractivity contribution is 0.418. The van der Waals surface area contributed by atoms with Crippen molar-refractivity contribution in [1.29, 1.82) is 0 Å². The van der Waals surface area contributed by atoms with Crippen molar-refractivity contribution in [3.8, 4) is 0 Å². The molecule has 1 rings (SSSR count). The molecule has 0 spiro atoms. The molecule has 0 aliphatic heterocycles. The van der Waals surface area contributed by atoms with Gasteiger partial charge in [0.15, 0.2) is 5.96 Å². The van der Waals surface area contributed by atoms with Gasteiger partial charge < -0.3 is 10.6 Å². The van der Waals surface area contributed by atoms with Crippen LogP contribution in [0.3, 0.4) is 0 Å². The molecular formula is C14H30IN3S2. The van der Waals surface area contributed by atoms with Gasteiger partial charge in [-0.1, -0.05) is 6.42 Å². The van der Waals surface area contributed by atoms with Crippen molar-refractivity contribution in [1.82, 2.24) is 10.6 Å². The Balaban J connectivity index is 0.00000361. The number of halogens is 1. The van der Waals surface area contributed by atoms with Crippen LogP contribution in [0.2, 0.25) is 0 Å². The first-order valence-corrected chi connectivity index (χ1v) is 9.57. The second-order valence-corrected chi connectivity index (χ2v) is 8.41. The summed E-state index contributed by atoms with van der Waals surface area (Å²) < 4.78 is 0.242. The standard InChI is InChI=1S/C14H29N3S2.HI/c1-14(2,19-5)10-16-13(15-3)17-11-7-6-8-12(9-11)18-4;/h11-12H,6-10H2,1-5H3,(H2,15,16,17);1H. The van der Waals surface area contributed by atoms with E-state index in [4.69, 9.17) is 0 Å². The summed E-state index contributed by atoms with van der Waals surface area (Å²) in [6.07, 6.45) is 9.60. The predicted octanol–water partition coefficient (Wildman–Crippen LogP) is 3.59. The number of guanidine groups is 1. The van der Waals surface area contributed by atoms with Gasteiger partial charge in [0.05, 0.1) is 0 Å². The summed E-state index contributed by atoms with van der Waals surface area (Å²) in [6.45, 7) is 5.44. The van der Waals surface area contributed by atoms with Gasteiger partial charge in [-0.15, -0.1) is 24.0 Å². The highest BCUT2D eigenvalue weighted by Crippen LogP contribution is 2.26. The van der Waals surface area contributed by atoms with Crippen molar-refractivity contribution in [2.24, 2.45) is 4.99 Å². The van der Waals surface area contributed by atoms with E-state index in [0.29, 0.717) is 6.04 Å². The van der Waals surface area contributed by atoms with Crippen molar-refractivity contribution in [3.05, 3.63) is 0 Å². The first-order valence-electron chi connectivity index (χ1n) is 7.06. The first-order chi connectivity index (χ1) is 9.00. The van der Waals surface area contributed by atoms with Crippen molar-refractivity contribution < 1.29 is 0 Å². The fourth-order valence-corrected chi connectivity index (χ4v) is 3.29. The Kier molecular flexibility index (Phi) is 10.8.